The first-order valence-electron chi connectivity index (χ1n) is 8.04. The molecule has 0 saturated carbocycles. The maximum absolute atomic E-state index is 6.18. The van der Waals surface area contributed by atoms with E-state index in [2.05, 4.69) is 62.3 Å². The molecule has 0 unspecified atom stereocenters. The fraction of sp³-hybridized carbons (Fsp3) is 1.00. The van der Waals surface area contributed by atoms with E-state index in [4.69, 9.17) is 18.6 Å². The molecule has 0 aromatic carbocycles. The highest BCUT2D eigenvalue weighted by Gasteiger charge is 2.61. The molecule has 0 aromatic rings. The van der Waals surface area contributed by atoms with Gasteiger partial charge in [0.2, 0.25) is 0 Å². The molecule has 120 valence electrons. The molecule has 0 atom stereocenters. The van der Waals surface area contributed by atoms with Crippen LogP contribution in [-0.4, -0.2) is 36.6 Å². The third-order valence-corrected chi connectivity index (χ3v) is 5.71. The average molecular weight is 296 g/mol. The summed E-state index contributed by atoms with van der Waals surface area (Å²) in [6.45, 7) is 18.7. The molecule has 2 fully saturated rings. The van der Waals surface area contributed by atoms with Gasteiger partial charge >= 0.3 is 14.2 Å². The van der Waals surface area contributed by atoms with Crippen LogP contribution in [0.15, 0.2) is 0 Å². The van der Waals surface area contributed by atoms with Gasteiger partial charge in [0.15, 0.2) is 0 Å². The summed E-state index contributed by atoms with van der Waals surface area (Å²) in [6.07, 6.45) is 0.883. The molecule has 0 radical (unpaired) electrons. The zero-order valence-electron chi connectivity index (χ0n) is 15.1. The molecule has 2 aliphatic rings. The van der Waals surface area contributed by atoms with Crippen LogP contribution < -0.4 is 0 Å². The summed E-state index contributed by atoms with van der Waals surface area (Å²) in [7, 11) is -0.593. The molecular formula is C15H30B2O4. The van der Waals surface area contributed by atoms with Crippen LogP contribution in [0, 0.1) is 0 Å². The van der Waals surface area contributed by atoms with Crippen LogP contribution in [0.5, 0.6) is 0 Å². The van der Waals surface area contributed by atoms with Crippen molar-refractivity contribution >= 4 is 14.2 Å². The maximum atomic E-state index is 6.18. The fourth-order valence-electron chi connectivity index (χ4n) is 2.64. The van der Waals surface area contributed by atoms with Gasteiger partial charge in [-0.1, -0.05) is 13.3 Å². The van der Waals surface area contributed by atoms with Crippen molar-refractivity contribution < 1.29 is 18.6 Å². The van der Waals surface area contributed by atoms with Crippen molar-refractivity contribution in [3.63, 3.8) is 0 Å². The lowest BCUT2D eigenvalue weighted by Gasteiger charge is -2.32. The lowest BCUT2D eigenvalue weighted by Crippen LogP contribution is -2.41. The molecule has 4 nitrogen and oxygen atoms in total. The van der Waals surface area contributed by atoms with Crippen LogP contribution in [0.3, 0.4) is 0 Å². The van der Waals surface area contributed by atoms with Gasteiger partial charge in [-0.05, 0) is 55.4 Å². The first kappa shape index (κ1) is 17.3. The first-order chi connectivity index (χ1) is 9.33. The SMILES string of the molecule is CCC(B1OC(C)(C)C(C)(C)O1)B1OC(C)(C)C(C)(C)O1. The van der Waals surface area contributed by atoms with Gasteiger partial charge in [-0.15, -0.1) is 0 Å². The zero-order valence-corrected chi connectivity index (χ0v) is 15.1. The van der Waals surface area contributed by atoms with Crippen LogP contribution in [0.4, 0.5) is 0 Å². The average Bonchev–Trinajstić information content (AvgIpc) is 2.58. The van der Waals surface area contributed by atoms with Crippen LogP contribution in [-0.2, 0) is 18.6 Å². The largest absolute Gasteiger partial charge is 0.458 e. The molecule has 2 saturated heterocycles. The van der Waals surface area contributed by atoms with Crippen LogP contribution in [0.2, 0.25) is 5.72 Å². The summed E-state index contributed by atoms with van der Waals surface area (Å²) in [5.74, 6) is 0. The Labute approximate surface area is 130 Å². The van der Waals surface area contributed by atoms with Crippen molar-refractivity contribution in [2.45, 2.75) is 96.9 Å². The summed E-state index contributed by atoms with van der Waals surface area (Å²) in [6, 6.07) is 0. The van der Waals surface area contributed by atoms with E-state index in [-0.39, 0.29) is 42.4 Å². The molecule has 2 aliphatic heterocycles. The van der Waals surface area contributed by atoms with Crippen molar-refractivity contribution in [2.24, 2.45) is 0 Å². The van der Waals surface area contributed by atoms with Gasteiger partial charge in [0, 0.05) is 5.72 Å². The van der Waals surface area contributed by atoms with E-state index < -0.39 is 0 Å². The predicted octanol–water partition coefficient (Wildman–Crippen LogP) is 3.49. The Morgan fingerprint density at radius 1 is 0.619 bits per heavy atom. The minimum Gasteiger partial charge on any atom is -0.403 e. The van der Waals surface area contributed by atoms with Crippen molar-refractivity contribution in [3.8, 4) is 0 Å². The predicted molar refractivity (Wildman–Crippen MR) is 86.2 cm³/mol. The molecule has 0 N–H and O–H groups in total. The molecular weight excluding hydrogens is 266 g/mol. The standard InChI is InChI=1S/C15H30B2O4/c1-10-11(16-18-12(2,3)13(4,5)19-16)17-20-14(6,7)15(8,9)21-17/h11H,10H2,1-9H3. The fourth-order valence-corrected chi connectivity index (χ4v) is 2.64. The van der Waals surface area contributed by atoms with Gasteiger partial charge in [-0.3, -0.25) is 0 Å². The Hall–Kier alpha value is -0.0301. The zero-order chi connectivity index (χ0) is 16.3. The molecule has 6 heteroatoms. The highest BCUT2D eigenvalue weighted by molar-refractivity contribution is 6.68. The molecule has 0 aliphatic carbocycles. The second-order valence-electron chi connectivity index (χ2n) is 8.32. The van der Waals surface area contributed by atoms with Crippen LogP contribution in [0.25, 0.3) is 0 Å². The van der Waals surface area contributed by atoms with E-state index in [0.717, 1.165) is 6.42 Å². The van der Waals surface area contributed by atoms with Gasteiger partial charge in [-0.25, -0.2) is 0 Å². The molecule has 0 amide bonds. The second kappa shape index (κ2) is 4.98. The summed E-state index contributed by atoms with van der Waals surface area (Å²) in [5.41, 5.74) is -1.24. The Kier molecular flexibility index (Phi) is 4.11. The van der Waals surface area contributed by atoms with Gasteiger partial charge in [0.25, 0.3) is 0 Å². The lowest BCUT2D eigenvalue weighted by atomic mass is 9.50. The molecule has 21 heavy (non-hydrogen) atoms. The van der Waals surface area contributed by atoms with E-state index in [1.807, 2.05) is 0 Å². The van der Waals surface area contributed by atoms with Crippen molar-refractivity contribution in [2.75, 3.05) is 0 Å². The van der Waals surface area contributed by atoms with E-state index in [1.54, 1.807) is 0 Å². The number of rotatable bonds is 3. The highest BCUT2D eigenvalue weighted by atomic mass is 16.7. The monoisotopic (exact) mass is 296 g/mol. The van der Waals surface area contributed by atoms with Gasteiger partial charge < -0.3 is 18.6 Å². The van der Waals surface area contributed by atoms with Crippen LogP contribution in [0.1, 0.15) is 68.7 Å². The lowest BCUT2D eigenvalue weighted by molar-refractivity contribution is 0.00578. The minimum absolute atomic E-state index is 0.0621. The third-order valence-electron chi connectivity index (χ3n) is 5.71. The van der Waals surface area contributed by atoms with Gasteiger partial charge in [-0.2, -0.15) is 0 Å². The third kappa shape index (κ3) is 2.80. The maximum Gasteiger partial charge on any atom is 0.458 e. The highest BCUT2D eigenvalue weighted by Crippen LogP contribution is 2.46. The molecule has 2 rings (SSSR count). The normalized spacial score (nSPS) is 29.4. The number of hydrogen-bond acceptors (Lipinski definition) is 4. The van der Waals surface area contributed by atoms with E-state index in [0.29, 0.717) is 0 Å². The Balaban J connectivity index is 2.16. The molecule has 2 heterocycles. The van der Waals surface area contributed by atoms with Gasteiger partial charge in [0.1, 0.15) is 0 Å². The molecule has 0 aromatic heterocycles. The van der Waals surface area contributed by atoms with E-state index in [1.165, 1.54) is 0 Å². The smallest absolute Gasteiger partial charge is 0.403 e. The van der Waals surface area contributed by atoms with E-state index in [9.17, 15) is 0 Å². The first-order valence-corrected chi connectivity index (χ1v) is 8.04. The quantitative estimate of drug-likeness (QED) is 0.747. The summed E-state index contributed by atoms with van der Waals surface area (Å²) < 4.78 is 24.7. The number of hydrogen-bond donors (Lipinski definition) is 0. The van der Waals surface area contributed by atoms with Gasteiger partial charge in [0.05, 0.1) is 22.4 Å². The van der Waals surface area contributed by atoms with Crippen molar-refractivity contribution in [1.82, 2.24) is 0 Å². The summed E-state index contributed by atoms with van der Waals surface area (Å²) in [5, 5.41) is 0. The Bertz CT molecular complexity index is 338. The van der Waals surface area contributed by atoms with Crippen molar-refractivity contribution in [3.05, 3.63) is 0 Å². The van der Waals surface area contributed by atoms with Crippen LogP contribution >= 0.6 is 0 Å². The minimum atomic E-state index is -0.325. The molecule has 0 bridgehead atoms. The second-order valence-corrected chi connectivity index (χ2v) is 8.32. The van der Waals surface area contributed by atoms with E-state index >= 15 is 0 Å². The summed E-state index contributed by atoms with van der Waals surface area (Å²) >= 11 is 0. The Morgan fingerprint density at radius 3 is 1.05 bits per heavy atom. The Morgan fingerprint density at radius 2 is 0.857 bits per heavy atom. The topological polar surface area (TPSA) is 36.9 Å². The van der Waals surface area contributed by atoms with Crippen molar-refractivity contribution in [1.29, 1.82) is 0 Å². The summed E-state index contributed by atoms with van der Waals surface area (Å²) in [4.78, 5) is 0. The molecule has 0 spiro atoms.